The Bertz CT molecular complexity index is 1160. The first-order valence-electron chi connectivity index (χ1n) is 10.5. The van der Waals surface area contributed by atoms with E-state index in [0.717, 1.165) is 25.7 Å². The van der Waals surface area contributed by atoms with E-state index in [1.165, 1.54) is 21.1 Å². The van der Waals surface area contributed by atoms with Gasteiger partial charge in [-0.3, -0.25) is 9.36 Å². The number of nitrogens with two attached hydrogens (primary N) is 1. The van der Waals surface area contributed by atoms with Crippen LogP contribution in [-0.2, 0) is 26.2 Å². The number of aromatic nitrogens is 1. The van der Waals surface area contributed by atoms with E-state index < -0.39 is 27.3 Å². The average Bonchev–Trinajstić information content (AvgIpc) is 3.47. The molecule has 1 spiro atoms. The van der Waals surface area contributed by atoms with Crippen LogP contribution in [0.15, 0.2) is 40.2 Å². The molecule has 2 fully saturated rings. The highest BCUT2D eigenvalue weighted by Gasteiger charge is 2.60. The summed E-state index contributed by atoms with van der Waals surface area (Å²) in [6.45, 7) is 2.29. The number of pyridine rings is 1. The van der Waals surface area contributed by atoms with Gasteiger partial charge in [-0.25, -0.2) is 13.2 Å². The number of carbonyl (C=O) groups is 1. The zero-order chi connectivity index (χ0) is 22.2. The Balaban J connectivity index is 1.61. The molecule has 31 heavy (non-hydrogen) atoms. The molecule has 0 unspecified atom stereocenters. The second-order valence-corrected chi connectivity index (χ2v) is 9.94. The number of carbonyl (C=O) groups excluding carboxylic acids is 1. The maximum absolute atomic E-state index is 13.5. The smallest absolute Gasteiger partial charge is 0.434 e. The Hall–Kier alpha value is -2.43. The molecule has 2 aromatic rings. The van der Waals surface area contributed by atoms with Crippen molar-refractivity contribution in [1.29, 1.82) is 0 Å². The lowest BCUT2D eigenvalue weighted by Crippen LogP contribution is -2.44. The fraction of sp³-hybridized carbons (Fsp3) is 0.524. The van der Waals surface area contributed by atoms with Crippen LogP contribution in [-0.4, -0.2) is 48.2 Å². The van der Waals surface area contributed by atoms with Crippen LogP contribution in [0.5, 0.6) is 0 Å². The van der Waals surface area contributed by atoms with E-state index >= 15 is 0 Å². The number of benzene rings is 1. The van der Waals surface area contributed by atoms with Crippen molar-refractivity contribution in [1.82, 2.24) is 8.87 Å². The third-order valence-electron chi connectivity index (χ3n) is 6.18. The van der Waals surface area contributed by atoms with Gasteiger partial charge in [0, 0.05) is 29.6 Å². The van der Waals surface area contributed by atoms with Gasteiger partial charge in [-0.15, -0.1) is 0 Å². The van der Waals surface area contributed by atoms with Gasteiger partial charge in [-0.1, -0.05) is 19.4 Å². The molecule has 1 saturated heterocycles. The Morgan fingerprint density at radius 3 is 2.71 bits per heavy atom. The number of rotatable bonds is 7. The topological polar surface area (TPSA) is 121 Å². The first-order chi connectivity index (χ1) is 14.8. The van der Waals surface area contributed by atoms with Crippen molar-refractivity contribution in [3.05, 3.63) is 40.8 Å². The molecule has 1 aromatic heterocycles. The Kier molecular flexibility index (Phi) is 5.80. The summed E-state index contributed by atoms with van der Waals surface area (Å²) in [6, 6.07) is 6.03. The molecular weight excluding hydrogens is 422 g/mol. The van der Waals surface area contributed by atoms with Crippen LogP contribution >= 0.6 is 0 Å². The van der Waals surface area contributed by atoms with Gasteiger partial charge in [-0.05, 0) is 43.9 Å². The van der Waals surface area contributed by atoms with Gasteiger partial charge in [0.2, 0.25) is 10.0 Å². The van der Waals surface area contributed by atoms with Gasteiger partial charge >= 0.3 is 6.16 Å². The summed E-state index contributed by atoms with van der Waals surface area (Å²) in [4.78, 5) is 24.6. The molecule has 0 radical (unpaired) electrons. The van der Waals surface area contributed by atoms with Crippen molar-refractivity contribution in [2.75, 3.05) is 13.2 Å². The molecule has 1 aromatic carbocycles. The SMILES string of the molecule is CCCCOC(=O)OCn1ccc2c(S(=O)(=O)N3CC[C@@H](N)C34CC4)cccc2c1=O. The van der Waals surface area contributed by atoms with E-state index in [9.17, 15) is 18.0 Å². The molecule has 1 atom stereocenters. The van der Waals surface area contributed by atoms with Crippen LogP contribution in [0, 0.1) is 0 Å². The number of hydrogen-bond donors (Lipinski definition) is 1. The fourth-order valence-corrected chi connectivity index (χ4v) is 6.33. The van der Waals surface area contributed by atoms with Gasteiger partial charge in [0.1, 0.15) is 0 Å². The average molecular weight is 450 g/mol. The second-order valence-electron chi connectivity index (χ2n) is 8.11. The lowest BCUT2D eigenvalue weighted by molar-refractivity contribution is 0.0323. The standard InChI is InChI=1S/C21H27N3O6S/c1-2-3-13-29-20(26)30-14-23-11-7-15-16(19(23)25)5-4-6-17(15)31(27,28)24-12-8-18(22)21(24)9-10-21/h4-7,11,18H,2-3,8-10,12-14,22H2,1H3/t18-/m1/s1. The van der Waals surface area contributed by atoms with Crippen LogP contribution in [0.3, 0.4) is 0 Å². The monoisotopic (exact) mass is 449 g/mol. The lowest BCUT2D eigenvalue weighted by atomic mass is 10.1. The predicted molar refractivity (Wildman–Crippen MR) is 114 cm³/mol. The molecule has 4 rings (SSSR count). The van der Waals surface area contributed by atoms with Crippen LogP contribution in [0.4, 0.5) is 4.79 Å². The van der Waals surface area contributed by atoms with Crippen molar-refractivity contribution in [3.8, 4) is 0 Å². The summed E-state index contributed by atoms with van der Waals surface area (Å²) in [6.07, 6.45) is 4.33. The van der Waals surface area contributed by atoms with Gasteiger partial charge in [-0.2, -0.15) is 4.31 Å². The molecular formula is C21H27N3O6S. The van der Waals surface area contributed by atoms with Crippen LogP contribution in [0.1, 0.15) is 39.0 Å². The summed E-state index contributed by atoms with van der Waals surface area (Å²) < 4.78 is 39.5. The van der Waals surface area contributed by atoms with Gasteiger partial charge in [0.05, 0.1) is 17.0 Å². The minimum atomic E-state index is -3.81. The highest BCUT2D eigenvalue weighted by Crippen LogP contribution is 2.51. The molecule has 0 amide bonds. The first-order valence-corrected chi connectivity index (χ1v) is 12.0. The second kappa shape index (κ2) is 8.25. The summed E-state index contributed by atoms with van der Waals surface area (Å²) in [5, 5.41) is 0.574. The van der Waals surface area contributed by atoms with Crippen LogP contribution in [0.2, 0.25) is 0 Å². The minimum absolute atomic E-state index is 0.0921. The van der Waals surface area contributed by atoms with E-state index in [4.69, 9.17) is 15.2 Å². The molecule has 10 heteroatoms. The maximum atomic E-state index is 13.5. The molecule has 168 valence electrons. The molecule has 2 N–H and O–H groups in total. The van der Waals surface area contributed by atoms with Crippen molar-refractivity contribution in [2.24, 2.45) is 5.73 Å². The Labute approximate surface area is 180 Å². The normalized spacial score (nSPS) is 20.3. The van der Waals surface area contributed by atoms with E-state index in [2.05, 4.69) is 0 Å². The summed E-state index contributed by atoms with van der Waals surface area (Å²) in [5.41, 5.74) is 5.25. The molecule has 1 aliphatic carbocycles. The van der Waals surface area contributed by atoms with Crippen molar-refractivity contribution < 1.29 is 22.7 Å². The van der Waals surface area contributed by atoms with Gasteiger partial charge in [0.15, 0.2) is 6.73 Å². The third-order valence-corrected chi connectivity index (χ3v) is 8.22. The number of unbranched alkanes of at least 4 members (excludes halogenated alkanes) is 1. The van der Waals surface area contributed by atoms with Crippen molar-refractivity contribution >= 4 is 27.0 Å². The molecule has 2 aliphatic rings. The predicted octanol–water partition coefficient (Wildman–Crippen LogP) is 2.17. The summed E-state index contributed by atoms with van der Waals surface area (Å²) in [5.74, 6) is 0. The van der Waals surface area contributed by atoms with Crippen molar-refractivity contribution in [2.45, 2.75) is 62.2 Å². The summed E-state index contributed by atoms with van der Waals surface area (Å²) in [7, 11) is -3.81. The molecule has 9 nitrogen and oxygen atoms in total. The number of sulfonamides is 1. The Morgan fingerprint density at radius 2 is 2.00 bits per heavy atom. The zero-order valence-electron chi connectivity index (χ0n) is 17.5. The van der Waals surface area contributed by atoms with Crippen molar-refractivity contribution in [3.63, 3.8) is 0 Å². The molecule has 1 aliphatic heterocycles. The molecule has 2 heterocycles. The van der Waals surface area contributed by atoms with E-state index in [1.807, 2.05) is 6.92 Å². The largest absolute Gasteiger partial charge is 0.510 e. The summed E-state index contributed by atoms with van der Waals surface area (Å²) >= 11 is 0. The third kappa shape index (κ3) is 3.83. The highest BCUT2D eigenvalue weighted by molar-refractivity contribution is 7.89. The first kappa shape index (κ1) is 21.8. The van der Waals surface area contributed by atoms with E-state index in [-0.39, 0.29) is 29.7 Å². The van der Waals surface area contributed by atoms with Crippen LogP contribution < -0.4 is 11.3 Å². The fourth-order valence-electron chi connectivity index (χ4n) is 4.24. The highest BCUT2D eigenvalue weighted by atomic mass is 32.2. The minimum Gasteiger partial charge on any atom is -0.434 e. The number of nitrogens with zero attached hydrogens (tertiary/aromatic N) is 2. The Morgan fingerprint density at radius 1 is 1.23 bits per heavy atom. The van der Waals surface area contributed by atoms with Gasteiger partial charge < -0.3 is 15.2 Å². The molecule has 0 bridgehead atoms. The zero-order valence-corrected chi connectivity index (χ0v) is 18.3. The molecule has 1 saturated carbocycles. The number of hydrogen-bond acceptors (Lipinski definition) is 7. The van der Waals surface area contributed by atoms with E-state index in [1.54, 1.807) is 18.2 Å². The number of ether oxygens (including phenoxy) is 2. The maximum Gasteiger partial charge on any atom is 0.510 e. The van der Waals surface area contributed by atoms with Gasteiger partial charge in [0.25, 0.3) is 5.56 Å². The number of fused-ring (bicyclic) bond motifs is 1. The quantitative estimate of drug-likeness (QED) is 0.508. The van der Waals surface area contributed by atoms with Crippen LogP contribution in [0.25, 0.3) is 10.8 Å². The van der Waals surface area contributed by atoms with E-state index in [0.29, 0.717) is 18.4 Å². The lowest BCUT2D eigenvalue weighted by Gasteiger charge is -2.26.